The molecule has 0 radical (unpaired) electrons. The molecule has 3 heteroatoms. The molecule has 0 aromatic heterocycles. The van der Waals surface area contributed by atoms with Crippen molar-refractivity contribution in [3.8, 4) is 0 Å². The summed E-state index contributed by atoms with van der Waals surface area (Å²) in [6.07, 6.45) is 6.92. The lowest BCUT2D eigenvalue weighted by Gasteiger charge is -2.60. The van der Waals surface area contributed by atoms with Gasteiger partial charge in [-0.1, -0.05) is 23.8 Å². The SMILES string of the molecule is Cc1ccc(C)c(CNC(=O)CC23C[C@H]4C[C@@H](CC(O)(C4)C2)C3)c1. The van der Waals surface area contributed by atoms with Crippen LogP contribution >= 0.6 is 0 Å². The summed E-state index contributed by atoms with van der Waals surface area (Å²) in [7, 11) is 0. The van der Waals surface area contributed by atoms with Crippen molar-refractivity contribution in [2.75, 3.05) is 0 Å². The van der Waals surface area contributed by atoms with Crippen LogP contribution in [0.3, 0.4) is 0 Å². The second-order valence-electron chi connectivity index (χ2n) is 9.07. The van der Waals surface area contributed by atoms with Crippen LogP contribution in [0.15, 0.2) is 18.2 Å². The Morgan fingerprint density at radius 3 is 2.58 bits per heavy atom. The topological polar surface area (TPSA) is 49.3 Å². The van der Waals surface area contributed by atoms with Crippen molar-refractivity contribution in [2.24, 2.45) is 17.3 Å². The van der Waals surface area contributed by atoms with Gasteiger partial charge in [-0.3, -0.25) is 4.79 Å². The van der Waals surface area contributed by atoms with Gasteiger partial charge in [0.05, 0.1) is 5.60 Å². The number of benzene rings is 1. The number of aryl methyl sites for hydroxylation is 2. The highest BCUT2D eigenvalue weighted by Gasteiger charge is 2.57. The molecule has 4 aliphatic carbocycles. The quantitative estimate of drug-likeness (QED) is 0.887. The first kappa shape index (κ1) is 16.1. The molecule has 0 aliphatic heterocycles. The lowest BCUT2D eigenvalue weighted by molar-refractivity contribution is -0.169. The minimum atomic E-state index is -0.475. The predicted octanol–water partition coefficient (Wildman–Crippen LogP) is 3.64. The Morgan fingerprint density at radius 2 is 1.92 bits per heavy atom. The van der Waals surface area contributed by atoms with Crippen molar-refractivity contribution in [1.82, 2.24) is 5.32 Å². The third-order valence-electron chi connectivity index (χ3n) is 6.67. The largest absolute Gasteiger partial charge is 0.390 e. The van der Waals surface area contributed by atoms with E-state index in [2.05, 4.69) is 37.4 Å². The van der Waals surface area contributed by atoms with E-state index < -0.39 is 5.60 Å². The van der Waals surface area contributed by atoms with Gasteiger partial charge in [-0.25, -0.2) is 0 Å². The highest BCUT2D eigenvalue weighted by molar-refractivity contribution is 5.76. The van der Waals surface area contributed by atoms with Gasteiger partial charge in [-0.15, -0.1) is 0 Å². The van der Waals surface area contributed by atoms with Gasteiger partial charge in [0.15, 0.2) is 0 Å². The Morgan fingerprint density at radius 1 is 1.21 bits per heavy atom. The molecule has 2 N–H and O–H groups in total. The van der Waals surface area contributed by atoms with Crippen LogP contribution in [0.1, 0.15) is 61.6 Å². The normalized spacial score (nSPS) is 36.8. The first-order chi connectivity index (χ1) is 11.3. The number of amides is 1. The minimum Gasteiger partial charge on any atom is -0.390 e. The number of hydrogen-bond acceptors (Lipinski definition) is 2. The maximum absolute atomic E-state index is 12.6. The standard InChI is InChI=1S/C21H29NO2/c1-14-3-4-15(2)18(5-14)12-22-19(23)11-20-7-16-6-17(8-20)10-21(24,9-16)13-20/h3-5,16-17,24H,6-13H2,1-2H3,(H,22,23)/t16-,17-,20?,21?/m1/s1. The van der Waals surface area contributed by atoms with E-state index in [-0.39, 0.29) is 11.3 Å². The number of rotatable bonds is 4. The average molecular weight is 327 g/mol. The molecule has 0 heterocycles. The monoisotopic (exact) mass is 327 g/mol. The molecule has 4 bridgehead atoms. The average Bonchev–Trinajstić information content (AvgIpc) is 2.45. The highest BCUT2D eigenvalue weighted by Crippen LogP contribution is 2.62. The summed E-state index contributed by atoms with van der Waals surface area (Å²) in [6.45, 7) is 4.79. The van der Waals surface area contributed by atoms with Crippen LogP contribution in [0.25, 0.3) is 0 Å². The molecular formula is C21H29NO2. The van der Waals surface area contributed by atoms with E-state index in [0.717, 1.165) is 32.1 Å². The van der Waals surface area contributed by atoms with Crippen LogP contribution in [-0.2, 0) is 11.3 Å². The molecular weight excluding hydrogens is 298 g/mol. The predicted molar refractivity (Wildman–Crippen MR) is 94.4 cm³/mol. The zero-order valence-electron chi connectivity index (χ0n) is 14.9. The zero-order valence-corrected chi connectivity index (χ0v) is 14.9. The van der Waals surface area contributed by atoms with Gasteiger partial charge in [0.25, 0.3) is 0 Å². The molecule has 1 aromatic carbocycles. The van der Waals surface area contributed by atoms with E-state index in [1.165, 1.54) is 23.1 Å². The van der Waals surface area contributed by atoms with Crippen LogP contribution < -0.4 is 5.32 Å². The van der Waals surface area contributed by atoms with Gasteiger partial charge >= 0.3 is 0 Å². The van der Waals surface area contributed by atoms with E-state index in [0.29, 0.717) is 24.8 Å². The number of aliphatic hydroxyl groups is 1. The van der Waals surface area contributed by atoms with Crippen molar-refractivity contribution in [3.63, 3.8) is 0 Å². The molecule has 0 unspecified atom stereocenters. The van der Waals surface area contributed by atoms with Crippen molar-refractivity contribution in [3.05, 3.63) is 34.9 Å². The van der Waals surface area contributed by atoms with Crippen LogP contribution in [-0.4, -0.2) is 16.6 Å². The van der Waals surface area contributed by atoms with Gasteiger partial charge in [0, 0.05) is 13.0 Å². The van der Waals surface area contributed by atoms with Gasteiger partial charge in [0.2, 0.25) is 5.91 Å². The number of nitrogens with one attached hydrogen (secondary N) is 1. The summed E-state index contributed by atoms with van der Waals surface area (Å²) in [6, 6.07) is 6.38. The van der Waals surface area contributed by atoms with Crippen LogP contribution in [0.5, 0.6) is 0 Å². The van der Waals surface area contributed by atoms with Gasteiger partial charge in [-0.05, 0) is 80.8 Å². The second-order valence-corrected chi connectivity index (χ2v) is 9.07. The van der Waals surface area contributed by atoms with Crippen LogP contribution in [0.4, 0.5) is 0 Å². The second kappa shape index (κ2) is 5.59. The lowest BCUT2D eigenvalue weighted by Crippen LogP contribution is -2.56. The van der Waals surface area contributed by atoms with Crippen molar-refractivity contribution < 1.29 is 9.90 Å². The Bertz CT molecular complexity index is 652. The number of carbonyl (C=O) groups is 1. The van der Waals surface area contributed by atoms with E-state index >= 15 is 0 Å². The molecule has 1 aromatic rings. The third kappa shape index (κ3) is 2.99. The summed E-state index contributed by atoms with van der Waals surface area (Å²) in [5.74, 6) is 1.44. The Hall–Kier alpha value is -1.35. The molecule has 24 heavy (non-hydrogen) atoms. The Kier molecular flexibility index (Phi) is 3.76. The number of carbonyl (C=O) groups excluding carboxylic acids is 1. The van der Waals surface area contributed by atoms with Crippen LogP contribution in [0.2, 0.25) is 0 Å². The molecule has 0 saturated heterocycles. The van der Waals surface area contributed by atoms with E-state index in [1.54, 1.807) is 0 Å². The first-order valence-corrected chi connectivity index (χ1v) is 9.40. The fraction of sp³-hybridized carbons (Fsp3) is 0.667. The molecule has 5 rings (SSSR count). The minimum absolute atomic E-state index is 0.0601. The van der Waals surface area contributed by atoms with E-state index in [4.69, 9.17) is 0 Å². The molecule has 3 nitrogen and oxygen atoms in total. The summed E-state index contributed by atoms with van der Waals surface area (Å²) < 4.78 is 0. The molecule has 2 atom stereocenters. The molecule has 0 spiro atoms. The maximum Gasteiger partial charge on any atom is 0.220 e. The molecule has 4 saturated carbocycles. The summed E-state index contributed by atoms with van der Waals surface area (Å²) in [4.78, 5) is 12.6. The van der Waals surface area contributed by atoms with E-state index in [1.807, 2.05) is 0 Å². The Balaban J connectivity index is 1.40. The van der Waals surface area contributed by atoms with Gasteiger partial charge in [0.1, 0.15) is 0 Å². The highest BCUT2D eigenvalue weighted by atomic mass is 16.3. The maximum atomic E-state index is 12.6. The molecule has 130 valence electrons. The third-order valence-corrected chi connectivity index (χ3v) is 6.67. The summed E-state index contributed by atoms with van der Waals surface area (Å²) in [5.41, 5.74) is 3.24. The number of hydrogen-bond donors (Lipinski definition) is 2. The summed E-state index contributed by atoms with van der Waals surface area (Å²) in [5, 5.41) is 14.0. The van der Waals surface area contributed by atoms with Crippen molar-refractivity contribution in [1.29, 1.82) is 0 Å². The van der Waals surface area contributed by atoms with Crippen LogP contribution in [0, 0.1) is 31.1 Å². The fourth-order valence-electron chi connectivity index (χ4n) is 6.20. The lowest BCUT2D eigenvalue weighted by atomic mass is 9.47. The molecule has 1 amide bonds. The van der Waals surface area contributed by atoms with Gasteiger partial charge < -0.3 is 10.4 Å². The molecule has 4 fully saturated rings. The van der Waals surface area contributed by atoms with Crippen molar-refractivity contribution in [2.45, 2.75) is 70.9 Å². The fourth-order valence-corrected chi connectivity index (χ4v) is 6.20. The molecule has 4 aliphatic rings. The van der Waals surface area contributed by atoms with Crippen molar-refractivity contribution >= 4 is 5.91 Å². The Labute approximate surface area is 144 Å². The summed E-state index contributed by atoms with van der Waals surface area (Å²) >= 11 is 0. The van der Waals surface area contributed by atoms with E-state index in [9.17, 15) is 9.90 Å². The smallest absolute Gasteiger partial charge is 0.220 e. The van der Waals surface area contributed by atoms with Gasteiger partial charge in [-0.2, -0.15) is 0 Å². The first-order valence-electron chi connectivity index (χ1n) is 9.40. The zero-order chi connectivity index (χ0) is 16.9.